The van der Waals surface area contributed by atoms with Crippen LogP contribution < -0.4 is 9.47 Å². The lowest BCUT2D eigenvalue weighted by Crippen LogP contribution is -2.07. The topological polar surface area (TPSA) is 44.8 Å². The number of hydrogen-bond acceptors (Lipinski definition) is 5. The maximum atomic E-state index is 12.7. The molecule has 4 nitrogen and oxygen atoms in total. The van der Waals surface area contributed by atoms with Crippen LogP contribution >= 0.6 is 11.3 Å². The third-order valence-electron chi connectivity index (χ3n) is 3.90. The van der Waals surface area contributed by atoms with E-state index in [2.05, 4.69) is 0 Å². The average Bonchev–Trinajstić information content (AvgIpc) is 3.08. The van der Waals surface area contributed by atoms with Gasteiger partial charge >= 0.3 is 12.1 Å². The van der Waals surface area contributed by atoms with Crippen molar-refractivity contribution in [1.29, 1.82) is 0 Å². The van der Waals surface area contributed by atoms with E-state index in [1.54, 1.807) is 18.2 Å². The van der Waals surface area contributed by atoms with Gasteiger partial charge < -0.3 is 14.2 Å². The Hall–Kier alpha value is -2.74. The lowest BCUT2D eigenvalue weighted by Gasteiger charge is -2.12. The first kappa shape index (κ1) is 19.0. The van der Waals surface area contributed by atoms with Gasteiger partial charge in [-0.2, -0.15) is 13.2 Å². The smallest absolute Gasteiger partial charge is 0.416 e. The fourth-order valence-electron chi connectivity index (χ4n) is 2.54. The number of carbonyl (C=O) groups is 1. The van der Waals surface area contributed by atoms with Gasteiger partial charge in [0.1, 0.15) is 17.9 Å². The Bertz CT molecular complexity index is 961. The van der Waals surface area contributed by atoms with Crippen molar-refractivity contribution in [2.45, 2.75) is 12.8 Å². The number of benzene rings is 2. The normalized spacial score (nSPS) is 11.4. The van der Waals surface area contributed by atoms with Crippen LogP contribution in [0.4, 0.5) is 13.2 Å². The Labute approximate surface area is 157 Å². The van der Waals surface area contributed by atoms with E-state index < -0.39 is 17.7 Å². The maximum Gasteiger partial charge on any atom is 0.416 e. The van der Waals surface area contributed by atoms with E-state index in [0.29, 0.717) is 21.8 Å². The number of halogens is 3. The number of methoxy groups -OCH3 is 2. The fraction of sp³-hybridized carbons (Fsp3) is 0.211. The lowest BCUT2D eigenvalue weighted by molar-refractivity contribution is -0.137. The summed E-state index contributed by atoms with van der Waals surface area (Å²) < 4.78 is 54.7. The molecular weight excluding hydrogens is 381 g/mol. The molecular formula is C19H15F3O4S. The van der Waals surface area contributed by atoms with Crippen LogP contribution in [0.25, 0.3) is 10.1 Å². The van der Waals surface area contributed by atoms with Crippen molar-refractivity contribution in [2.75, 3.05) is 14.2 Å². The van der Waals surface area contributed by atoms with E-state index >= 15 is 0 Å². The standard InChI is InChI=1S/C19H15F3O4S/c1-24-16-9-14-15(27-16)8-7-13(18(23)25-2)17(14)26-10-11-3-5-12(6-4-11)19(20,21)22/h3-9H,10H2,1-2H3. The Morgan fingerprint density at radius 2 is 1.78 bits per heavy atom. The predicted octanol–water partition coefficient (Wildman–Crippen LogP) is 5.29. The zero-order valence-electron chi connectivity index (χ0n) is 14.4. The summed E-state index contributed by atoms with van der Waals surface area (Å²) in [6, 6.07) is 9.77. The maximum absolute atomic E-state index is 12.7. The fourth-order valence-corrected chi connectivity index (χ4v) is 3.41. The number of fused-ring (bicyclic) bond motifs is 1. The number of ether oxygens (including phenoxy) is 3. The third kappa shape index (κ3) is 4.00. The highest BCUT2D eigenvalue weighted by atomic mass is 32.1. The van der Waals surface area contributed by atoms with Gasteiger partial charge in [-0.3, -0.25) is 0 Å². The molecule has 1 heterocycles. The SMILES string of the molecule is COC(=O)c1ccc2sc(OC)cc2c1OCc1ccc(C(F)(F)F)cc1. The summed E-state index contributed by atoms with van der Waals surface area (Å²) >= 11 is 1.39. The Balaban J connectivity index is 1.92. The van der Waals surface area contributed by atoms with Gasteiger partial charge in [-0.05, 0) is 29.8 Å². The van der Waals surface area contributed by atoms with Crippen LogP contribution in [0, 0.1) is 0 Å². The van der Waals surface area contributed by atoms with Crippen molar-refractivity contribution in [2.24, 2.45) is 0 Å². The molecule has 0 aliphatic carbocycles. The van der Waals surface area contributed by atoms with Gasteiger partial charge in [-0.25, -0.2) is 4.79 Å². The molecule has 0 spiro atoms. The minimum atomic E-state index is -4.39. The number of carbonyl (C=O) groups excluding carboxylic acids is 1. The first-order chi connectivity index (χ1) is 12.8. The van der Waals surface area contributed by atoms with Gasteiger partial charge in [-0.15, -0.1) is 0 Å². The van der Waals surface area contributed by atoms with Crippen molar-refractivity contribution < 1.29 is 32.2 Å². The van der Waals surface area contributed by atoms with Crippen LogP contribution in [0.1, 0.15) is 21.5 Å². The Morgan fingerprint density at radius 3 is 2.37 bits per heavy atom. The van der Waals surface area contributed by atoms with E-state index in [-0.39, 0.29) is 12.2 Å². The summed E-state index contributed by atoms with van der Waals surface area (Å²) in [6.07, 6.45) is -4.39. The second-order valence-electron chi connectivity index (χ2n) is 5.60. The summed E-state index contributed by atoms with van der Waals surface area (Å²) in [7, 11) is 2.80. The Kier molecular flexibility index (Phi) is 5.27. The summed E-state index contributed by atoms with van der Waals surface area (Å²) in [5.41, 5.74) is 0.0431. The van der Waals surface area contributed by atoms with Gasteiger partial charge in [0.2, 0.25) is 0 Å². The molecule has 0 aliphatic heterocycles. The number of rotatable bonds is 5. The molecule has 0 radical (unpaired) electrons. The van der Waals surface area contributed by atoms with E-state index in [1.165, 1.54) is 37.7 Å². The number of esters is 1. The van der Waals surface area contributed by atoms with Crippen LogP contribution in [0.15, 0.2) is 42.5 Å². The van der Waals surface area contributed by atoms with Gasteiger partial charge in [0.25, 0.3) is 0 Å². The largest absolute Gasteiger partial charge is 0.487 e. The molecule has 0 saturated carbocycles. The molecule has 0 N–H and O–H groups in total. The van der Waals surface area contributed by atoms with Crippen LogP contribution in [0.2, 0.25) is 0 Å². The van der Waals surface area contributed by atoms with Gasteiger partial charge in [0.05, 0.1) is 19.8 Å². The zero-order valence-corrected chi connectivity index (χ0v) is 15.2. The van der Waals surface area contributed by atoms with Crippen LogP contribution in [-0.4, -0.2) is 20.2 Å². The van der Waals surface area contributed by atoms with E-state index in [9.17, 15) is 18.0 Å². The van der Waals surface area contributed by atoms with Crippen LogP contribution in [0.3, 0.4) is 0 Å². The summed E-state index contributed by atoms with van der Waals surface area (Å²) in [6.45, 7) is -0.000588. The van der Waals surface area contributed by atoms with Gasteiger partial charge in [0.15, 0.2) is 5.06 Å². The number of alkyl halides is 3. The highest BCUT2D eigenvalue weighted by molar-refractivity contribution is 7.20. The monoisotopic (exact) mass is 396 g/mol. The van der Waals surface area contributed by atoms with Gasteiger partial charge in [0, 0.05) is 16.2 Å². The van der Waals surface area contributed by atoms with E-state index in [0.717, 1.165) is 16.8 Å². The van der Waals surface area contributed by atoms with Crippen molar-refractivity contribution in [1.82, 2.24) is 0 Å². The molecule has 0 atom stereocenters. The van der Waals surface area contributed by atoms with Crippen molar-refractivity contribution in [3.05, 3.63) is 59.2 Å². The highest BCUT2D eigenvalue weighted by Crippen LogP contribution is 2.39. The molecule has 2 aromatic carbocycles. The third-order valence-corrected chi connectivity index (χ3v) is 4.96. The molecule has 3 rings (SSSR count). The first-order valence-corrected chi connectivity index (χ1v) is 8.63. The molecule has 0 fully saturated rings. The second-order valence-corrected chi connectivity index (χ2v) is 6.64. The Morgan fingerprint density at radius 1 is 1.07 bits per heavy atom. The molecule has 0 unspecified atom stereocenters. The average molecular weight is 396 g/mol. The van der Waals surface area contributed by atoms with Crippen molar-refractivity contribution >= 4 is 27.4 Å². The minimum absolute atomic E-state index is 0.000588. The molecule has 3 aromatic rings. The molecule has 1 aromatic heterocycles. The molecule has 0 aliphatic rings. The molecule has 27 heavy (non-hydrogen) atoms. The zero-order chi connectivity index (χ0) is 19.6. The molecule has 8 heteroatoms. The quantitative estimate of drug-likeness (QED) is 0.550. The number of hydrogen-bond donors (Lipinski definition) is 0. The lowest BCUT2D eigenvalue weighted by atomic mass is 10.1. The predicted molar refractivity (Wildman–Crippen MR) is 95.5 cm³/mol. The van der Waals surface area contributed by atoms with Crippen molar-refractivity contribution in [3.8, 4) is 10.8 Å². The van der Waals surface area contributed by atoms with E-state index in [1.807, 2.05) is 0 Å². The van der Waals surface area contributed by atoms with Gasteiger partial charge in [-0.1, -0.05) is 23.5 Å². The first-order valence-electron chi connectivity index (χ1n) is 7.81. The van der Waals surface area contributed by atoms with Crippen LogP contribution in [-0.2, 0) is 17.5 Å². The molecule has 0 amide bonds. The molecule has 0 bridgehead atoms. The van der Waals surface area contributed by atoms with Crippen molar-refractivity contribution in [3.63, 3.8) is 0 Å². The number of thiophene rings is 1. The summed E-state index contributed by atoms with van der Waals surface area (Å²) in [5.74, 6) is -0.261. The highest BCUT2D eigenvalue weighted by Gasteiger charge is 2.30. The summed E-state index contributed by atoms with van der Waals surface area (Å²) in [5, 5.41) is 1.32. The molecule has 0 saturated heterocycles. The molecule has 142 valence electrons. The minimum Gasteiger partial charge on any atom is -0.487 e. The summed E-state index contributed by atoms with van der Waals surface area (Å²) in [4.78, 5) is 12.1. The second kappa shape index (κ2) is 7.48. The van der Waals surface area contributed by atoms with Crippen LogP contribution in [0.5, 0.6) is 10.8 Å². The van der Waals surface area contributed by atoms with E-state index in [4.69, 9.17) is 14.2 Å².